The van der Waals surface area contributed by atoms with Gasteiger partial charge >= 0.3 is 0 Å². The summed E-state index contributed by atoms with van der Waals surface area (Å²) < 4.78 is 25.8. The zero-order valence-corrected chi connectivity index (χ0v) is 14.2. The Morgan fingerprint density at radius 3 is 2.83 bits per heavy atom. The standard InChI is InChI=1S/C18H25FN2O2/c1-11-7-12-9-17(2,3)16(20)21-18(12,10-23-11)14-8-13(22-4)5-6-15(14)19/h5-6,8,11-12H,7,9-10H2,1-4H3,(H2,20,21)/t11-,12+,18+/m1/s1. The molecule has 0 bridgehead atoms. The van der Waals surface area contributed by atoms with Crippen LogP contribution in [0.4, 0.5) is 4.39 Å². The SMILES string of the molecule is COc1ccc(F)c([C@]23CO[C@H](C)C[C@H]2CC(C)(C)C(N)=N3)c1. The highest BCUT2D eigenvalue weighted by Crippen LogP contribution is 2.51. The molecule has 1 aromatic carbocycles. The van der Waals surface area contributed by atoms with Crippen LogP contribution in [0.3, 0.4) is 0 Å². The van der Waals surface area contributed by atoms with Crippen LogP contribution >= 0.6 is 0 Å². The Morgan fingerprint density at radius 1 is 1.39 bits per heavy atom. The zero-order chi connectivity index (χ0) is 16.8. The number of ether oxygens (including phenoxy) is 2. The minimum atomic E-state index is -0.759. The number of halogens is 1. The van der Waals surface area contributed by atoms with Crippen LogP contribution in [0.2, 0.25) is 0 Å². The fourth-order valence-electron chi connectivity index (χ4n) is 3.83. The van der Waals surface area contributed by atoms with Crippen LogP contribution in [0.1, 0.15) is 39.2 Å². The third-order valence-electron chi connectivity index (χ3n) is 5.29. The molecule has 1 saturated heterocycles. The Hall–Kier alpha value is -1.62. The summed E-state index contributed by atoms with van der Waals surface area (Å²) in [5, 5.41) is 0. The van der Waals surface area contributed by atoms with Gasteiger partial charge in [-0.15, -0.1) is 0 Å². The molecule has 126 valence electrons. The third kappa shape index (κ3) is 2.61. The van der Waals surface area contributed by atoms with E-state index in [1.165, 1.54) is 6.07 Å². The Labute approximate surface area is 136 Å². The second-order valence-corrected chi connectivity index (χ2v) is 7.41. The average molecular weight is 320 g/mol. The molecule has 0 unspecified atom stereocenters. The molecule has 2 aliphatic heterocycles. The quantitative estimate of drug-likeness (QED) is 0.910. The number of methoxy groups -OCH3 is 1. The molecule has 0 amide bonds. The maximum absolute atomic E-state index is 14.7. The Kier molecular flexibility index (Phi) is 3.87. The number of hydrogen-bond acceptors (Lipinski definition) is 4. The van der Waals surface area contributed by atoms with Crippen LogP contribution in [-0.2, 0) is 10.3 Å². The van der Waals surface area contributed by atoms with E-state index < -0.39 is 5.54 Å². The normalized spacial score (nSPS) is 32.8. The predicted molar refractivity (Wildman–Crippen MR) is 88.2 cm³/mol. The van der Waals surface area contributed by atoms with Gasteiger partial charge in [-0.3, -0.25) is 4.99 Å². The van der Waals surface area contributed by atoms with E-state index in [0.717, 1.165) is 12.8 Å². The van der Waals surface area contributed by atoms with E-state index in [9.17, 15) is 4.39 Å². The van der Waals surface area contributed by atoms with E-state index in [2.05, 4.69) is 20.8 Å². The lowest BCUT2D eigenvalue weighted by atomic mass is 9.65. The zero-order valence-electron chi connectivity index (χ0n) is 14.2. The van der Waals surface area contributed by atoms with Gasteiger partial charge in [-0.1, -0.05) is 13.8 Å². The number of nitrogens with zero attached hydrogens (tertiary/aromatic N) is 1. The van der Waals surface area contributed by atoms with Crippen LogP contribution in [-0.4, -0.2) is 25.7 Å². The molecule has 2 aliphatic rings. The summed E-state index contributed by atoms with van der Waals surface area (Å²) in [5.74, 6) is 1.08. The van der Waals surface area contributed by atoms with Gasteiger partial charge in [0.1, 0.15) is 22.9 Å². The highest BCUT2D eigenvalue weighted by Gasteiger charge is 2.52. The number of aliphatic imine (C=N–C) groups is 1. The average Bonchev–Trinajstić information content (AvgIpc) is 2.49. The molecule has 0 aromatic heterocycles. The van der Waals surface area contributed by atoms with Gasteiger partial charge in [0, 0.05) is 11.0 Å². The maximum atomic E-state index is 14.7. The first-order valence-electron chi connectivity index (χ1n) is 8.10. The van der Waals surface area contributed by atoms with Crippen molar-refractivity contribution in [2.75, 3.05) is 13.7 Å². The number of benzene rings is 1. The molecule has 0 saturated carbocycles. The fourth-order valence-corrected chi connectivity index (χ4v) is 3.83. The van der Waals surface area contributed by atoms with Gasteiger partial charge in [0.05, 0.1) is 19.8 Å². The van der Waals surface area contributed by atoms with Crippen molar-refractivity contribution >= 4 is 5.84 Å². The maximum Gasteiger partial charge on any atom is 0.129 e. The van der Waals surface area contributed by atoms with Gasteiger partial charge in [0.2, 0.25) is 0 Å². The molecule has 23 heavy (non-hydrogen) atoms. The molecule has 1 aromatic rings. The lowest BCUT2D eigenvalue weighted by Gasteiger charge is -2.50. The highest BCUT2D eigenvalue weighted by molar-refractivity contribution is 5.87. The van der Waals surface area contributed by atoms with Crippen molar-refractivity contribution in [3.8, 4) is 5.75 Å². The largest absolute Gasteiger partial charge is 0.497 e. The van der Waals surface area contributed by atoms with Gasteiger partial charge in [-0.05, 0) is 43.9 Å². The van der Waals surface area contributed by atoms with Crippen molar-refractivity contribution < 1.29 is 13.9 Å². The molecular weight excluding hydrogens is 295 g/mol. The number of fused-ring (bicyclic) bond motifs is 1. The fraction of sp³-hybridized carbons (Fsp3) is 0.611. The first-order chi connectivity index (χ1) is 10.8. The molecule has 3 atom stereocenters. The van der Waals surface area contributed by atoms with Crippen molar-refractivity contribution in [3.05, 3.63) is 29.6 Å². The summed E-state index contributed by atoms with van der Waals surface area (Å²) >= 11 is 0. The van der Waals surface area contributed by atoms with Crippen molar-refractivity contribution in [2.45, 2.75) is 45.3 Å². The summed E-state index contributed by atoms with van der Waals surface area (Å²) in [4.78, 5) is 4.80. The Bertz CT molecular complexity index is 644. The van der Waals surface area contributed by atoms with Crippen molar-refractivity contribution in [1.82, 2.24) is 0 Å². The van der Waals surface area contributed by atoms with E-state index in [-0.39, 0.29) is 23.3 Å². The molecule has 1 fully saturated rings. The van der Waals surface area contributed by atoms with Crippen LogP contribution in [0.5, 0.6) is 5.75 Å². The summed E-state index contributed by atoms with van der Waals surface area (Å²) in [5.41, 5.74) is 5.82. The molecule has 3 rings (SSSR count). The molecule has 0 radical (unpaired) electrons. The summed E-state index contributed by atoms with van der Waals surface area (Å²) in [7, 11) is 1.58. The van der Waals surface area contributed by atoms with Crippen LogP contribution in [0, 0.1) is 17.2 Å². The second-order valence-electron chi connectivity index (χ2n) is 7.41. The van der Waals surface area contributed by atoms with Crippen LogP contribution in [0.25, 0.3) is 0 Å². The third-order valence-corrected chi connectivity index (χ3v) is 5.29. The molecule has 2 heterocycles. The van der Waals surface area contributed by atoms with Crippen LogP contribution in [0.15, 0.2) is 23.2 Å². The summed E-state index contributed by atoms with van der Waals surface area (Å²) in [6.07, 6.45) is 1.86. The Balaban J connectivity index is 2.17. The lowest BCUT2D eigenvalue weighted by molar-refractivity contribution is -0.0657. The summed E-state index contributed by atoms with van der Waals surface area (Å²) in [6.45, 7) is 6.59. The highest BCUT2D eigenvalue weighted by atomic mass is 19.1. The van der Waals surface area contributed by atoms with Crippen molar-refractivity contribution in [2.24, 2.45) is 22.1 Å². The topological polar surface area (TPSA) is 56.8 Å². The van der Waals surface area contributed by atoms with Gasteiger partial charge in [-0.2, -0.15) is 0 Å². The molecule has 2 N–H and O–H groups in total. The number of nitrogens with two attached hydrogens (primary N) is 1. The minimum absolute atomic E-state index is 0.145. The predicted octanol–water partition coefficient (Wildman–Crippen LogP) is 3.24. The number of hydrogen-bond donors (Lipinski definition) is 1. The molecule has 5 heteroatoms. The molecule has 0 spiro atoms. The molecule has 4 nitrogen and oxygen atoms in total. The minimum Gasteiger partial charge on any atom is -0.497 e. The molecular formula is C18H25FN2O2. The lowest BCUT2D eigenvalue weighted by Crippen LogP contribution is -2.54. The van der Waals surface area contributed by atoms with E-state index in [0.29, 0.717) is 23.8 Å². The van der Waals surface area contributed by atoms with Gasteiger partial charge in [-0.25, -0.2) is 4.39 Å². The monoisotopic (exact) mass is 320 g/mol. The van der Waals surface area contributed by atoms with E-state index in [1.54, 1.807) is 19.2 Å². The Morgan fingerprint density at radius 2 is 2.13 bits per heavy atom. The summed E-state index contributed by atoms with van der Waals surface area (Å²) in [6, 6.07) is 4.79. The smallest absolute Gasteiger partial charge is 0.129 e. The van der Waals surface area contributed by atoms with E-state index in [1.807, 2.05) is 0 Å². The van der Waals surface area contributed by atoms with Crippen molar-refractivity contribution in [3.63, 3.8) is 0 Å². The van der Waals surface area contributed by atoms with Gasteiger partial charge in [0.15, 0.2) is 0 Å². The van der Waals surface area contributed by atoms with E-state index in [4.69, 9.17) is 20.2 Å². The number of rotatable bonds is 2. The van der Waals surface area contributed by atoms with Crippen LogP contribution < -0.4 is 10.5 Å². The molecule has 0 aliphatic carbocycles. The first-order valence-corrected chi connectivity index (χ1v) is 8.10. The van der Waals surface area contributed by atoms with Gasteiger partial charge < -0.3 is 15.2 Å². The van der Waals surface area contributed by atoms with E-state index >= 15 is 0 Å². The van der Waals surface area contributed by atoms with Gasteiger partial charge in [0.25, 0.3) is 0 Å². The number of amidine groups is 1. The second kappa shape index (κ2) is 5.48. The van der Waals surface area contributed by atoms with Crippen molar-refractivity contribution in [1.29, 1.82) is 0 Å². The first kappa shape index (κ1) is 16.2.